The van der Waals surface area contributed by atoms with Crippen LogP contribution in [0.15, 0.2) is 48.5 Å². The van der Waals surface area contributed by atoms with E-state index < -0.39 is 11.8 Å². The van der Waals surface area contributed by atoms with Crippen LogP contribution in [0.2, 0.25) is 0 Å². The number of carbonyl (C=O) groups is 1. The second-order valence-corrected chi connectivity index (χ2v) is 5.17. The molecule has 0 radical (unpaired) electrons. The lowest BCUT2D eigenvalue weighted by Gasteiger charge is -2.37. The smallest absolute Gasteiger partial charge is 0.335 e. The summed E-state index contributed by atoms with van der Waals surface area (Å²) in [5.74, 6) is -1.66. The lowest BCUT2D eigenvalue weighted by atomic mass is 10.0. The van der Waals surface area contributed by atoms with Crippen LogP contribution in [0.25, 0.3) is 0 Å². The summed E-state index contributed by atoms with van der Waals surface area (Å²) in [7, 11) is 0. The maximum Gasteiger partial charge on any atom is 0.335 e. The van der Waals surface area contributed by atoms with Crippen LogP contribution >= 0.6 is 0 Å². The first-order valence-corrected chi connectivity index (χ1v) is 7.09. The quantitative estimate of drug-likeness (QED) is 0.946. The first-order valence-electron chi connectivity index (χ1n) is 7.09. The van der Waals surface area contributed by atoms with Crippen molar-refractivity contribution in [3.8, 4) is 0 Å². The van der Waals surface area contributed by atoms with Crippen LogP contribution in [0.4, 0.5) is 10.1 Å². The summed E-state index contributed by atoms with van der Waals surface area (Å²) in [6.07, 6.45) is 0. The van der Waals surface area contributed by atoms with Gasteiger partial charge in [-0.1, -0.05) is 30.3 Å². The zero-order chi connectivity index (χ0) is 15.5. The maximum absolute atomic E-state index is 14.3. The van der Waals surface area contributed by atoms with Gasteiger partial charge < -0.3 is 14.7 Å². The summed E-state index contributed by atoms with van der Waals surface area (Å²) >= 11 is 0. The zero-order valence-corrected chi connectivity index (χ0v) is 11.9. The molecule has 0 aromatic heterocycles. The molecule has 22 heavy (non-hydrogen) atoms. The van der Waals surface area contributed by atoms with Crippen LogP contribution < -0.4 is 4.90 Å². The summed E-state index contributed by atoms with van der Waals surface area (Å²) in [4.78, 5) is 12.9. The molecule has 1 N–H and O–H groups in total. The van der Waals surface area contributed by atoms with Gasteiger partial charge in [-0.3, -0.25) is 0 Å². The van der Waals surface area contributed by atoms with E-state index in [1.54, 1.807) is 0 Å². The number of hydrogen-bond donors (Lipinski definition) is 1. The lowest BCUT2D eigenvalue weighted by molar-refractivity contribution is 0.0696. The number of nitrogens with zero attached hydrogens (tertiary/aromatic N) is 1. The van der Waals surface area contributed by atoms with Crippen molar-refractivity contribution in [2.24, 2.45) is 0 Å². The van der Waals surface area contributed by atoms with E-state index in [4.69, 9.17) is 9.84 Å². The Morgan fingerprint density at radius 2 is 2.00 bits per heavy atom. The number of benzene rings is 2. The largest absolute Gasteiger partial charge is 0.478 e. The topological polar surface area (TPSA) is 49.8 Å². The minimum atomic E-state index is -1.13. The normalized spacial score (nSPS) is 18.2. The van der Waals surface area contributed by atoms with Crippen molar-refractivity contribution >= 4 is 11.7 Å². The minimum absolute atomic E-state index is 0.0502. The van der Waals surface area contributed by atoms with E-state index in [-0.39, 0.29) is 11.6 Å². The van der Waals surface area contributed by atoms with Gasteiger partial charge in [-0.2, -0.15) is 0 Å². The number of rotatable bonds is 3. The summed E-state index contributed by atoms with van der Waals surface area (Å²) in [6, 6.07) is 13.7. The number of anilines is 1. The predicted octanol–water partition coefficient (Wildman–Crippen LogP) is 3.10. The molecule has 1 saturated heterocycles. The average molecular weight is 301 g/mol. The van der Waals surface area contributed by atoms with E-state index in [0.717, 1.165) is 11.6 Å². The molecule has 2 aromatic rings. The van der Waals surface area contributed by atoms with Gasteiger partial charge in [0, 0.05) is 6.54 Å². The molecule has 1 aliphatic heterocycles. The average Bonchev–Trinajstić information content (AvgIpc) is 2.55. The highest BCUT2D eigenvalue weighted by Crippen LogP contribution is 2.31. The molecule has 5 heteroatoms. The van der Waals surface area contributed by atoms with Crippen LogP contribution in [0.3, 0.4) is 0 Å². The molecule has 114 valence electrons. The first-order chi connectivity index (χ1) is 10.7. The Morgan fingerprint density at radius 3 is 2.68 bits per heavy atom. The van der Waals surface area contributed by atoms with Gasteiger partial charge in [0.1, 0.15) is 5.82 Å². The summed E-state index contributed by atoms with van der Waals surface area (Å²) in [5, 5.41) is 8.94. The summed E-state index contributed by atoms with van der Waals surface area (Å²) < 4.78 is 19.9. The highest BCUT2D eigenvalue weighted by atomic mass is 19.1. The molecule has 0 saturated carbocycles. The third-order valence-corrected chi connectivity index (χ3v) is 3.82. The Morgan fingerprint density at radius 1 is 1.23 bits per heavy atom. The fourth-order valence-electron chi connectivity index (χ4n) is 2.72. The Balaban J connectivity index is 1.96. The molecular formula is C17H16FNO3. The number of hydrogen-bond acceptors (Lipinski definition) is 3. The van der Waals surface area contributed by atoms with Crippen molar-refractivity contribution in [3.05, 3.63) is 65.5 Å². The lowest BCUT2D eigenvalue weighted by Crippen LogP contribution is -2.40. The van der Waals surface area contributed by atoms with Crippen molar-refractivity contribution in [1.29, 1.82) is 0 Å². The molecule has 0 aliphatic carbocycles. The first kappa shape index (κ1) is 14.5. The van der Waals surface area contributed by atoms with E-state index in [2.05, 4.69) is 0 Å². The molecule has 1 fully saturated rings. The molecule has 3 rings (SSSR count). The van der Waals surface area contributed by atoms with Crippen molar-refractivity contribution in [2.75, 3.05) is 24.7 Å². The minimum Gasteiger partial charge on any atom is -0.478 e. The molecular weight excluding hydrogens is 285 g/mol. The van der Waals surface area contributed by atoms with Gasteiger partial charge in [0.25, 0.3) is 0 Å². The number of aromatic carboxylic acids is 1. The van der Waals surface area contributed by atoms with Crippen molar-refractivity contribution in [2.45, 2.75) is 6.04 Å². The zero-order valence-electron chi connectivity index (χ0n) is 11.9. The van der Waals surface area contributed by atoms with Gasteiger partial charge in [0.2, 0.25) is 0 Å². The van der Waals surface area contributed by atoms with Gasteiger partial charge in [0.05, 0.1) is 30.5 Å². The van der Waals surface area contributed by atoms with E-state index in [9.17, 15) is 9.18 Å². The fraction of sp³-hybridized carbons (Fsp3) is 0.235. The number of carboxylic acid groups (broad SMARTS) is 1. The van der Waals surface area contributed by atoms with Crippen molar-refractivity contribution in [1.82, 2.24) is 0 Å². The van der Waals surface area contributed by atoms with Crippen LogP contribution in [0.5, 0.6) is 0 Å². The summed E-state index contributed by atoms with van der Waals surface area (Å²) in [5.41, 5.74) is 1.40. The fourth-order valence-corrected chi connectivity index (χ4v) is 2.72. The molecule has 0 amide bonds. The Kier molecular flexibility index (Phi) is 4.06. The monoisotopic (exact) mass is 301 g/mol. The molecule has 4 nitrogen and oxygen atoms in total. The van der Waals surface area contributed by atoms with E-state index in [1.807, 2.05) is 35.2 Å². The molecule has 0 bridgehead atoms. The predicted molar refractivity (Wildman–Crippen MR) is 80.7 cm³/mol. The number of ether oxygens (including phenoxy) is 1. The molecule has 1 atom stereocenters. The Bertz CT molecular complexity index is 675. The second kappa shape index (κ2) is 6.15. The van der Waals surface area contributed by atoms with Crippen LogP contribution in [-0.2, 0) is 4.74 Å². The van der Waals surface area contributed by atoms with E-state index in [0.29, 0.717) is 25.4 Å². The standard InChI is InChI=1S/C17H16FNO3/c18-14-10-13(17(20)21)6-7-15(14)19-8-9-22-11-16(19)12-4-2-1-3-5-12/h1-7,10,16H,8-9,11H2,(H,20,21)/t16-/m1/s1. The van der Waals surface area contributed by atoms with Gasteiger partial charge in [-0.15, -0.1) is 0 Å². The maximum atomic E-state index is 14.3. The number of morpholine rings is 1. The Labute approximate surface area is 127 Å². The second-order valence-electron chi connectivity index (χ2n) is 5.17. The van der Waals surface area contributed by atoms with E-state index >= 15 is 0 Å². The number of halogens is 1. The van der Waals surface area contributed by atoms with Gasteiger partial charge in [0.15, 0.2) is 0 Å². The van der Waals surface area contributed by atoms with E-state index in [1.165, 1.54) is 12.1 Å². The number of carboxylic acids is 1. The molecule has 1 aliphatic rings. The highest BCUT2D eigenvalue weighted by Gasteiger charge is 2.27. The van der Waals surface area contributed by atoms with Crippen molar-refractivity contribution < 1.29 is 19.0 Å². The van der Waals surface area contributed by atoms with Gasteiger partial charge in [-0.25, -0.2) is 9.18 Å². The molecule has 0 spiro atoms. The highest BCUT2D eigenvalue weighted by molar-refractivity contribution is 5.88. The van der Waals surface area contributed by atoms with Gasteiger partial charge >= 0.3 is 5.97 Å². The van der Waals surface area contributed by atoms with Gasteiger partial charge in [-0.05, 0) is 23.8 Å². The molecule has 1 heterocycles. The van der Waals surface area contributed by atoms with Crippen LogP contribution in [0.1, 0.15) is 22.0 Å². The third-order valence-electron chi connectivity index (χ3n) is 3.82. The van der Waals surface area contributed by atoms with Crippen LogP contribution in [0, 0.1) is 5.82 Å². The Hall–Kier alpha value is -2.40. The van der Waals surface area contributed by atoms with Crippen molar-refractivity contribution in [3.63, 3.8) is 0 Å². The molecule has 0 unspecified atom stereocenters. The summed E-state index contributed by atoms with van der Waals surface area (Å²) in [6.45, 7) is 1.55. The SMILES string of the molecule is O=C(O)c1ccc(N2CCOC[C@@H]2c2ccccc2)c(F)c1. The van der Waals surface area contributed by atoms with Crippen LogP contribution in [-0.4, -0.2) is 30.8 Å². The molecule has 2 aromatic carbocycles. The third kappa shape index (κ3) is 2.80.